The molecular formula is C12H12O3. The molecule has 0 aromatic heterocycles. The average Bonchev–Trinajstić information content (AvgIpc) is 2.25. The highest BCUT2D eigenvalue weighted by Gasteiger charge is 2.17. The lowest BCUT2D eigenvalue weighted by Gasteiger charge is -2.11. The van der Waals surface area contributed by atoms with Crippen molar-refractivity contribution in [1.82, 2.24) is 0 Å². The van der Waals surface area contributed by atoms with Crippen molar-refractivity contribution < 1.29 is 14.6 Å². The van der Waals surface area contributed by atoms with E-state index in [0.717, 1.165) is 5.56 Å². The first kappa shape index (κ1) is 11.3. The minimum Gasteiger partial charge on any atom is -0.479 e. The summed E-state index contributed by atoms with van der Waals surface area (Å²) in [6.07, 6.45) is 4.74. The summed E-state index contributed by atoms with van der Waals surface area (Å²) in [6.45, 7) is 0. The lowest BCUT2D eigenvalue weighted by Crippen LogP contribution is -2.25. The Labute approximate surface area is 88.7 Å². The van der Waals surface area contributed by atoms with E-state index in [-0.39, 0.29) is 6.42 Å². The molecule has 1 aromatic rings. The van der Waals surface area contributed by atoms with Crippen LogP contribution in [-0.2, 0) is 16.0 Å². The molecule has 0 saturated carbocycles. The molecule has 0 amide bonds. The summed E-state index contributed by atoms with van der Waals surface area (Å²) < 4.78 is 4.85. The summed E-state index contributed by atoms with van der Waals surface area (Å²) in [4.78, 5) is 10.8. The maximum absolute atomic E-state index is 10.8. The zero-order valence-corrected chi connectivity index (χ0v) is 8.43. The summed E-state index contributed by atoms with van der Waals surface area (Å²) >= 11 is 0. The molecule has 0 bridgehead atoms. The van der Waals surface area contributed by atoms with Crippen molar-refractivity contribution in [3.8, 4) is 12.3 Å². The number of carboxylic acid groups (broad SMARTS) is 1. The summed E-state index contributed by atoms with van der Waals surface area (Å²) in [6, 6.07) is 7.24. The maximum atomic E-state index is 10.8. The zero-order valence-electron chi connectivity index (χ0n) is 8.43. The predicted octanol–water partition coefficient (Wildman–Crippen LogP) is 1.31. The Hall–Kier alpha value is -1.79. The molecule has 78 valence electrons. The molecule has 0 spiro atoms. The molecule has 0 radical (unpaired) electrons. The Balaban J connectivity index is 2.89. The molecule has 0 aliphatic heterocycles. The molecule has 1 aromatic carbocycles. The number of hydrogen-bond acceptors (Lipinski definition) is 2. The molecule has 3 nitrogen and oxygen atoms in total. The number of terminal acetylenes is 1. The predicted molar refractivity (Wildman–Crippen MR) is 56.5 cm³/mol. The van der Waals surface area contributed by atoms with Crippen LogP contribution in [-0.4, -0.2) is 24.3 Å². The van der Waals surface area contributed by atoms with Gasteiger partial charge in [-0.05, 0) is 11.6 Å². The summed E-state index contributed by atoms with van der Waals surface area (Å²) in [7, 11) is 1.37. The number of rotatable bonds is 4. The second-order valence-corrected chi connectivity index (χ2v) is 3.07. The van der Waals surface area contributed by atoms with Gasteiger partial charge in [0.2, 0.25) is 0 Å². The fourth-order valence-electron chi connectivity index (χ4n) is 1.31. The van der Waals surface area contributed by atoms with Gasteiger partial charge in [-0.1, -0.05) is 24.1 Å². The molecule has 0 aliphatic rings. The van der Waals surface area contributed by atoms with E-state index in [0.29, 0.717) is 5.56 Å². The molecule has 1 N–H and O–H groups in total. The van der Waals surface area contributed by atoms with Crippen molar-refractivity contribution in [3.05, 3.63) is 35.4 Å². The van der Waals surface area contributed by atoms with Gasteiger partial charge in [0.25, 0.3) is 0 Å². The third kappa shape index (κ3) is 2.83. The van der Waals surface area contributed by atoms with Gasteiger partial charge in [0.1, 0.15) is 0 Å². The average molecular weight is 204 g/mol. The molecule has 0 aliphatic carbocycles. The third-order valence-corrected chi connectivity index (χ3v) is 2.14. The van der Waals surface area contributed by atoms with Crippen LogP contribution in [0.2, 0.25) is 0 Å². The molecule has 3 heteroatoms. The number of benzene rings is 1. The lowest BCUT2D eigenvalue weighted by molar-refractivity contribution is -0.148. The summed E-state index contributed by atoms with van der Waals surface area (Å²) in [5.41, 5.74) is 1.52. The highest BCUT2D eigenvalue weighted by molar-refractivity contribution is 5.72. The topological polar surface area (TPSA) is 46.5 Å². The summed E-state index contributed by atoms with van der Waals surface area (Å²) in [5.74, 6) is 1.53. The van der Waals surface area contributed by atoms with Crippen LogP contribution >= 0.6 is 0 Å². The van der Waals surface area contributed by atoms with Crippen molar-refractivity contribution in [3.63, 3.8) is 0 Å². The van der Waals surface area contributed by atoms with E-state index in [4.69, 9.17) is 16.3 Å². The van der Waals surface area contributed by atoms with Gasteiger partial charge in [0.05, 0.1) is 0 Å². The number of hydrogen-bond donors (Lipinski definition) is 1. The van der Waals surface area contributed by atoms with Crippen LogP contribution in [0.4, 0.5) is 0 Å². The van der Waals surface area contributed by atoms with Crippen molar-refractivity contribution in [2.24, 2.45) is 0 Å². The van der Waals surface area contributed by atoms with Gasteiger partial charge >= 0.3 is 5.97 Å². The molecule has 0 saturated heterocycles. The standard InChI is InChI=1S/C12H12O3/c1-3-9-6-4-5-7-10(9)8-11(15-2)12(13)14/h1,4-7,11H,8H2,2H3,(H,13,14). The van der Waals surface area contributed by atoms with Crippen LogP contribution in [0, 0.1) is 12.3 Å². The van der Waals surface area contributed by atoms with Gasteiger partial charge in [-0.2, -0.15) is 0 Å². The Morgan fingerprint density at radius 2 is 2.27 bits per heavy atom. The van der Waals surface area contributed by atoms with Gasteiger partial charge < -0.3 is 9.84 Å². The number of methoxy groups -OCH3 is 1. The number of ether oxygens (including phenoxy) is 1. The van der Waals surface area contributed by atoms with E-state index < -0.39 is 12.1 Å². The fourth-order valence-corrected chi connectivity index (χ4v) is 1.31. The van der Waals surface area contributed by atoms with Crippen LogP contribution in [0.25, 0.3) is 0 Å². The Bertz CT molecular complexity index is 390. The molecule has 0 heterocycles. The number of aliphatic carboxylic acids is 1. The molecule has 1 unspecified atom stereocenters. The van der Waals surface area contributed by atoms with Gasteiger partial charge in [0, 0.05) is 19.1 Å². The van der Waals surface area contributed by atoms with Crippen LogP contribution in [0.5, 0.6) is 0 Å². The van der Waals surface area contributed by atoms with Crippen LogP contribution in [0.3, 0.4) is 0 Å². The zero-order chi connectivity index (χ0) is 11.3. The van der Waals surface area contributed by atoms with Gasteiger partial charge in [0.15, 0.2) is 6.10 Å². The normalized spacial score (nSPS) is 11.7. The van der Waals surface area contributed by atoms with E-state index in [9.17, 15) is 4.79 Å². The van der Waals surface area contributed by atoms with Crippen LogP contribution in [0.15, 0.2) is 24.3 Å². The summed E-state index contributed by atoms with van der Waals surface area (Å²) in [5, 5.41) is 8.82. The Morgan fingerprint density at radius 3 is 2.80 bits per heavy atom. The van der Waals surface area contributed by atoms with E-state index in [1.807, 2.05) is 18.2 Å². The van der Waals surface area contributed by atoms with Crippen molar-refractivity contribution in [2.75, 3.05) is 7.11 Å². The Morgan fingerprint density at radius 1 is 1.60 bits per heavy atom. The first-order valence-corrected chi connectivity index (χ1v) is 4.49. The fraction of sp³-hybridized carbons (Fsp3) is 0.250. The van der Waals surface area contributed by atoms with E-state index in [1.54, 1.807) is 6.07 Å². The van der Waals surface area contributed by atoms with Crippen molar-refractivity contribution in [1.29, 1.82) is 0 Å². The minimum absolute atomic E-state index is 0.284. The highest BCUT2D eigenvalue weighted by atomic mass is 16.5. The quantitative estimate of drug-likeness (QED) is 0.752. The van der Waals surface area contributed by atoms with Gasteiger partial charge in [-0.3, -0.25) is 0 Å². The molecule has 15 heavy (non-hydrogen) atoms. The molecule has 0 fully saturated rings. The number of carboxylic acids is 1. The minimum atomic E-state index is -0.982. The SMILES string of the molecule is C#Cc1ccccc1CC(OC)C(=O)O. The molecule has 1 rings (SSSR count). The molecule has 1 atom stereocenters. The van der Waals surface area contributed by atoms with Gasteiger partial charge in [-0.15, -0.1) is 6.42 Å². The number of carbonyl (C=O) groups is 1. The maximum Gasteiger partial charge on any atom is 0.333 e. The monoisotopic (exact) mass is 204 g/mol. The smallest absolute Gasteiger partial charge is 0.333 e. The van der Waals surface area contributed by atoms with Crippen molar-refractivity contribution in [2.45, 2.75) is 12.5 Å². The van der Waals surface area contributed by atoms with Gasteiger partial charge in [-0.25, -0.2) is 4.79 Å². The molecular weight excluding hydrogens is 192 g/mol. The second-order valence-electron chi connectivity index (χ2n) is 3.07. The van der Waals surface area contributed by atoms with E-state index in [1.165, 1.54) is 7.11 Å². The largest absolute Gasteiger partial charge is 0.479 e. The lowest BCUT2D eigenvalue weighted by atomic mass is 10.0. The highest BCUT2D eigenvalue weighted by Crippen LogP contribution is 2.11. The van der Waals surface area contributed by atoms with E-state index >= 15 is 0 Å². The van der Waals surface area contributed by atoms with Crippen LogP contribution in [0.1, 0.15) is 11.1 Å². The van der Waals surface area contributed by atoms with Crippen molar-refractivity contribution >= 4 is 5.97 Å². The first-order chi connectivity index (χ1) is 7.19. The second kappa shape index (κ2) is 5.18. The first-order valence-electron chi connectivity index (χ1n) is 4.49. The Kier molecular flexibility index (Phi) is 3.90. The van der Waals surface area contributed by atoms with E-state index in [2.05, 4.69) is 5.92 Å². The third-order valence-electron chi connectivity index (χ3n) is 2.14. The van der Waals surface area contributed by atoms with Crippen LogP contribution < -0.4 is 0 Å².